The molecule has 1 unspecified atom stereocenters. The lowest BCUT2D eigenvalue weighted by Gasteiger charge is -2.23. The third kappa shape index (κ3) is 3.26. The molecule has 0 spiro atoms. The maximum atomic E-state index is 14.1. The zero-order valence-corrected chi connectivity index (χ0v) is 16.4. The quantitative estimate of drug-likeness (QED) is 0.471. The van der Waals surface area contributed by atoms with Crippen molar-refractivity contribution in [2.45, 2.75) is 6.04 Å². The molecule has 0 aliphatic carbocycles. The first-order valence-corrected chi connectivity index (χ1v) is 8.65. The number of aliphatic hydroxyl groups is 1. The number of benzene rings is 2. The van der Waals surface area contributed by atoms with Crippen LogP contribution in [0.4, 0.5) is 4.39 Å². The summed E-state index contributed by atoms with van der Waals surface area (Å²) in [5.41, 5.74) is 0.319. The van der Waals surface area contributed by atoms with E-state index in [4.69, 9.17) is 14.2 Å². The Hall–Kier alpha value is -3.55. The van der Waals surface area contributed by atoms with Gasteiger partial charge in [-0.1, -0.05) is 12.1 Å². The number of aliphatic hydroxyl groups excluding tert-OH is 1. The van der Waals surface area contributed by atoms with E-state index >= 15 is 0 Å². The smallest absolute Gasteiger partial charge is 0.295 e. The molecule has 7 nitrogen and oxygen atoms in total. The molecule has 0 radical (unpaired) electrons. The van der Waals surface area contributed by atoms with Crippen LogP contribution in [0.25, 0.3) is 5.76 Å². The number of amides is 1. The second kappa shape index (κ2) is 7.83. The van der Waals surface area contributed by atoms with Crippen molar-refractivity contribution in [2.24, 2.45) is 0 Å². The van der Waals surface area contributed by atoms with Gasteiger partial charge in [0.1, 0.15) is 5.76 Å². The van der Waals surface area contributed by atoms with Gasteiger partial charge in [0.05, 0.1) is 32.9 Å². The highest BCUT2D eigenvalue weighted by Crippen LogP contribution is 2.44. The second-order valence-electron chi connectivity index (χ2n) is 6.34. The minimum absolute atomic E-state index is 0.0106. The van der Waals surface area contributed by atoms with Gasteiger partial charge in [0.25, 0.3) is 11.7 Å². The summed E-state index contributed by atoms with van der Waals surface area (Å²) in [5.74, 6) is -2.17. The fraction of sp³-hybridized carbons (Fsp3) is 0.238. The summed E-state index contributed by atoms with van der Waals surface area (Å²) >= 11 is 0. The van der Waals surface area contributed by atoms with Crippen LogP contribution in [0.1, 0.15) is 17.2 Å². The lowest BCUT2D eigenvalue weighted by Crippen LogP contribution is -2.25. The Morgan fingerprint density at radius 3 is 2.31 bits per heavy atom. The van der Waals surface area contributed by atoms with E-state index in [1.54, 1.807) is 18.2 Å². The topological polar surface area (TPSA) is 85.3 Å². The monoisotopic (exact) mass is 401 g/mol. The SMILES string of the molecule is COc1ccc(/C(O)=C2\C(=O)C(=O)N(C)C2c2cccc(OC)c2OC)cc1F. The molecule has 8 heteroatoms. The average Bonchev–Trinajstić information content (AvgIpc) is 2.96. The number of ketones is 1. The number of carbonyl (C=O) groups is 2. The summed E-state index contributed by atoms with van der Waals surface area (Å²) in [6.45, 7) is 0. The molecule has 0 saturated carbocycles. The highest BCUT2D eigenvalue weighted by Gasteiger charge is 2.45. The van der Waals surface area contributed by atoms with Gasteiger partial charge in [-0.25, -0.2) is 4.39 Å². The van der Waals surface area contributed by atoms with Crippen molar-refractivity contribution in [3.05, 3.63) is 58.9 Å². The molecule has 0 bridgehead atoms. The molecule has 2 aromatic rings. The number of hydrogen-bond acceptors (Lipinski definition) is 6. The van der Waals surface area contributed by atoms with Crippen molar-refractivity contribution in [1.29, 1.82) is 0 Å². The van der Waals surface area contributed by atoms with Gasteiger partial charge in [-0.05, 0) is 24.3 Å². The van der Waals surface area contributed by atoms with Gasteiger partial charge < -0.3 is 24.2 Å². The van der Waals surface area contributed by atoms with Crippen molar-refractivity contribution in [3.8, 4) is 17.2 Å². The molecule has 1 heterocycles. The van der Waals surface area contributed by atoms with Crippen molar-refractivity contribution in [2.75, 3.05) is 28.4 Å². The zero-order valence-electron chi connectivity index (χ0n) is 16.4. The Morgan fingerprint density at radius 1 is 1.03 bits per heavy atom. The second-order valence-corrected chi connectivity index (χ2v) is 6.34. The summed E-state index contributed by atoms with van der Waals surface area (Å²) < 4.78 is 29.7. The number of hydrogen-bond donors (Lipinski definition) is 1. The number of likely N-dealkylation sites (tertiary alicyclic amines) is 1. The van der Waals surface area contributed by atoms with Gasteiger partial charge in [-0.3, -0.25) is 9.59 Å². The molecular formula is C21H20FNO6. The van der Waals surface area contributed by atoms with E-state index in [1.165, 1.54) is 45.4 Å². The van der Waals surface area contributed by atoms with Crippen LogP contribution in [-0.4, -0.2) is 50.1 Å². The van der Waals surface area contributed by atoms with Crippen molar-refractivity contribution in [3.63, 3.8) is 0 Å². The first-order valence-electron chi connectivity index (χ1n) is 8.65. The first-order chi connectivity index (χ1) is 13.8. The Kier molecular flexibility index (Phi) is 5.45. The molecule has 1 N–H and O–H groups in total. The summed E-state index contributed by atoms with van der Waals surface area (Å²) in [7, 11) is 5.65. The van der Waals surface area contributed by atoms with E-state index in [0.717, 1.165) is 6.07 Å². The van der Waals surface area contributed by atoms with Gasteiger partial charge >= 0.3 is 0 Å². The van der Waals surface area contributed by atoms with Crippen LogP contribution in [0.3, 0.4) is 0 Å². The maximum Gasteiger partial charge on any atom is 0.295 e. The lowest BCUT2D eigenvalue weighted by atomic mass is 9.94. The number of rotatable bonds is 5. The van der Waals surface area contributed by atoms with Gasteiger partial charge in [0, 0.05) is 18.2 Å². The number of ether oxygens (including phenoxy) is 3. The number of nitrogens with zero attached hydrogens (tertiary/aromatic N) is 1. The van der Waals surface area contributed by atoms with Crippen LogP contribution in [0, 0.1) is 5.82 Å². The number of Topliss-reactive ketones (excluding diaryl/α,β-unsaturated/α-hetero) is 1. The van der Waals surface area contributed by atoms with Crippen LogP contribution in [-0.2, 0) is 9.59 Å². The Balaban J connectivity index is 2.23. The number of carbonyl (C=O) groups excluding carboxylic acids is 2. The minimum atomic E-state index is -0.940. The first kappa shape index (κ1) is 20.2. The molecule has 29 heavy (non-hydrogen) atoms. The average molecular weight is 401 g/mol. The number of likely N-dealkylation sites (N-methyl/N-ethyl adjacent to an activating group) is 1. The molecule has 0 aromatic heterocycles. The standard InChI is InChI=1S/C21H20FNO6/c1-23-17(12-6-5-7-15(28-3)20(12)29-4)16(19(25)21(23)26)18(24)11-8-9-14(27-2)13(22)10-11/h5-10,17,24H,1-4H3/b18-16+. The molecule has 3 rings (SSSR count). The van der Waals surface area contributed by atoms with E-state index in [9.17, 15) is 19.1 Å². The van der Waals surface area contributed by atoms with Crippen LogP contribution >= 0.6 is 0 Å². The molecule has 1 saturated heterocycles. The highest BCUT2D eigenvalue weighted by atomic mass is 19.1. The van der Waals surface area contributed by atoms with Crippen LogP contribution in [0.15, 0.2) is 42.0 Å². The zero-order chi connectivity index (χ0) is 21.3. The predicted octanol–water partition coefficient (Wildman–Crippen LogP) is 2.90. The fourth-order valence-electron chi connectivity index (χ4n) is 3.41. The fourth-order valence-corrected chi connectivity index (χ4v) is 3.41. The van der Waals surface area contributed by atoms with Gasteiger partial charge in [0.15, 0.2) is 23.1 Å². The van der Waals surface area contributed by atoms with Crippen molar-refractivity contribution < 1.29 is 33.3 Å². The summed E-state index contributed by atoms with van der Waals surface area (Å²) in [6.07, 6.45) is 0. The van der Waals surface area contributed by atoms with Gasteiger partial charge in [0.2, 0.25) is 0 Å². The van der Waals surface area contributed by atoms with Gasteiger partial charge in [-0.2, -0.15) is 0 Å². The largest absolute Gasteiger partial charge is 0.507 e. The Morgan fingerprint density at radius 2 is 1.72 bits per heavy atom. The molecule has 1 aliphatic rings. The molecule has 152 valence electrons. The predicted molar refractivity (Wildman–Crippen MR) is 103 cm³/mol. The molecule has 1 atom stereocenters. The maximum absolute atomic E-state index is 14.1. The summed E-state index contributed by atoms with van der Waals surface area (Å²) in [6, 6.07) is 7.84. The van der Waals surface area contributed by atoms with Crippen molar-refractivity contribution >= 4 is 17.4 Å². The minimum Gasteiger partial charge on any atom is -0.507 e. The Labute approximate surface area is 166 Å². The van der Waals surface area contributed by atoms with Crippen LogP contribution < -0.4 is 14.2 Å². The normalized spacial score (nSPS) is 18.1. The van der Waals surface area contributed by atoms with E-state index in [2.05, 4.69) is 0 Å². The molecule has 1 aliphatic heterocycles. The van der Waals surface area contributed by atoms with Crippen LogP contribution in [0.2, 0.25) is 0 Å². The van der Waals surface area contributed by atoms with E-state index in [-0.39, 0.29) is 16.9 Å². The molecular weight excluding hydrogens is 381 g/mol. The molecule has 2 aromatic carbocycles. The number of methoxy groups -OCH3 is 3. The summed E-state index contributed by atoms with van der Waals surface area (Å²) in [5, 5.41) is 10.8. The van der Waals surface area contributed by atoms with E-state index in [0.29, 0.717) is 17.1 Å². The molecule has 1 fully saturated rings. The number of para-hydroxylation sites is 1. The van der Waals surface area contributed by atoms with Crippen LogP contribution in [0.5, 0.6) is 17.2 Å². The third-order valence-corrected chi connectivity index (χ3v) is 4.83. The lowest BCUT2D eigenvalue weighted by molar-refractivity contribution is -0.139. The van der Waals surface area contributed by atoms with Gasteiger partial charge in [-0.15, -0.1) is 0 Å². The third-order valence-electron chi connectivity index (χ3n) is 4.83. The molecule has 1 amide bonds. The van der Waals surface area contributed by atoms with Crippen molar-refractivity contribution in [1.82, 2.24) is 4.90 Å². The highest BCUT2D eigenvalue weighted by molar-refractivity contribution is 6.46. The Bertz CT molecular complexity index is 1020. The number of halogens is 1. The van der Waals surface area contributed by atoms with E-state index < -0.39 is 29.3 Å². The van der Waals surface area contributed by atoms with E-state index in [1.807, 2.05) is 0 Å². The summed E-state index contributed by atoms with van der Waals surface area (Å²) in [4.78, 5) is 26.3.